The van der Waals surface area contributed by atoms with Crippen LogP contribution in [0.1, 0.15) is 37.5 Å². The number of rotatable bonds is 4. The lowest BCUT2D eigenvalue weighted by Gasteiger charge is -2.34. The van der Waals surface area contributed by atoms with Gasteiger partial charge in [-0.25, -0.2) is 0 Å². The van der Waals surface area contributed by atoms with Gasteiger partial charge in [0.2, 0.25) is 0 Å². The van der Waals surface area contributed by atoms with Gasteiger partial charge < -0.3 is 0 Å². The smallest absolute Gasteiger partial charge is 0.131 e. The van der Waals surface area contributed by atoms with Gasteiger partial charge in [0.25, 0.3) is 0 Å². The fraction of sp³-hybridized carbons (Fsp3) is 0.615. The van der Waals surface area contributed by atoms with Crippen molar-refractivity contribution in [1.29, 1.82) is 0 Å². The van der Waals surface area contributed by atoms with E-state index in [2.05, 4.69) is 11.0 Å². The minimum atomic E-state index is 0.297. The van der Waals surface area contributed by atoms with Gasteiger partial charge >= 0.3 is 0 Å². The van der Waals surface area contributed by atoms with Crippen molar-refractivity contribution in [3.05, 3.63) is 21.3 Å². The van der Waals surface area contributed by atoms with Crippen molar-refractivity contribution in [1.82, 2.24) is 4.90 Å². The number of carbonyl (C=O) groups excluding carboxylic acids is 1. The van der Waals surface area contributed by atoms with Crippen LogP contribution in [0.15, 0.2) is 12.1 Å². The summed E-state index contributed by atoms with van der Waals surface area (Å²) in [6.45, 7) is 3.73. The highest BCUT2D eigenvalue weighted by atomic mass is 35.5. The highest BCUT2D eigenvalue weighted by Gasteiger charge is 2.23. The van der Waals surface area contributed by atoms with Crippen LogP contribution in [-0.2, 0) is 11.3 Å². The van der Waals surface area contributed by atoms with Gasteiger partial charge in [-0.3, -0.25) is 9.69 Å². The number of carbonyl (C=O) groups is 1. The van der Waals surface area contributed by atoms with Crippen molar-refractivity contribution >= 4 is 28.7 Å². The van der Waals surface area contributed by atoms with E-state index in [-0.39, 0.29) is 0 Å². The molecule has 2 heterocycles. The lowest BCUT2D eigenvalue weighted by Crippen LogP contribution is -2.39. The summed E-state index contributed by atoms with van der Waals surface area (Å²) in [5.41, 5.74) is 0. The van der Waals surface area contributed by atoms with Crippen LogP contribution in [0.5, 0.6) is 0 Å². The molecule has 1 atom stereocenters. The number of halogens is 1. The SMILES string of the molecule is CC(=O)CC1CCCCN1Cc1ccc(Cl)s1. The van der Waals surface area contributed by atoms with Crippen molar-refractivity contribution < 1.29 is 4.79 Å². The second-order valence-electron chi connectivity index (χ2n) is 4.73. The average molecular weight is 272 g/mol. The van der Waals surface area contributed by atoms with Gasteiger partial charge in [0.05, 0.1) is 4.34 Å². The Bertz CT molecular complexity index is 391. The number of hydrogen-bond acceptors (Lipinski definition) is 3. The highest BCUT2D eigenvalue weighted by molar-refractivity contribution is 7.16. The second kappa shape index (κ2) is 5.98. The molecule has 0 aliphatic carbocycles. The molecule has 1 fully saturated rings. The number of Topliss-reactive ketones (excluding diaryl/α,β-unsaturated/α-hetero) is 1. The fourth-order valence-corrected chi connectivity index (χ4v) is 3.58. The van der Waals surface area contributed by atoms with E-state index >= 15 is 0 Å². The van der Waals surface area contributed by atoms with E-state index in [1.165, 1.54) is 17.7 Å². The first-order chi connectivity index (χ1) is 8.15. The van der Waals surface area contributed by atoms with Crippen molar-refractivity contribution in [3.63, 3.8) is 0 Å². The fourth-order valence-electron chi connectivity index (χ4n) is 2.47. The molecule has 0 radical (unpaired) electrons. The summed E-state index contributed by atoms with van der Waals surface area (Å²) >= 11 is 7.59. The molecule has 0 spiro atoms. The predicted molar refractivity (Wildman–Crippen MR) is 72.7 cm³/mol. The minimum Gasteiger partial charge on any atom is -0.300 e. The van der Waals surface area contributed by atoms with E-state index in [0.717, 1.165) is 23.8 Å². The summed E-state index contributed by atoms with van der Waals surface area (Å²) in [5, 5.41) is 0. The van der Waals surface area contributed by atoms with Crippen molar-refractivity contribution in [2.45, 2.75) is 45.2 Å². The highest BCUT2D eigenvalue weighted by Crippen LogP contribution is 2.27. The van der Waals surface area contributed by atoms with Crippen LogP contribution in [0, 0.1) is 0 Å². The molecule has 1 saturated heterocycles. The van der Waals surface area contributed by atoms with Crippen LogP contribution in [0.4, 0.5) is 0 Å². The summed E-state index contributed by atoms with van der Waals surface area (Å²) in [6.07, 6.45) is 4.34. The molecule has 94 valence electrons. The van der Waals surface area contributed by atoms with E-state index in [1.807, 2.05) is 6.07 Å². The van der Waals surface area contributed by atoms with E-state index < -0.39 is 0 Å². The van der Waals surface area contributed by atoms with Gasteiger partial charge in [-0.15, -0.1) is 11.3 Å². The molecule has 1 aliphatic heterocycles. The van der Waals surface area contributed by atoms with Crippen LogP contribution in [0.25, 0.3) is 0 Å². The molecule has 1 unspecified atom stereocenters. The third kappa shape index (κ3) is 3.80. The van der Waals surface area contributed by atoms with Gasteiger partial charge in [0.1, 0.15) is 5.78 Å². The molecular formula is C13H18ClNOS. The topological polar surface area (TPSA) is 20.3 Å². The maximum Gasteiger partial charge on any atom is 0.131 e. The minimum absolute atomic E-state index is 0.297. The third-order valence-electron chi connectivity index (χ3n) is 3.26. The Morgan fingerprint density at radius 1 is 1.53 bits per heavy atom. The van der Waals surface area contributed by atoms with Crippen molar-refractivity contribution in [2.75, 3.05) is 6.54 Å². The van der Waals surface area contributed by atoms with Gasteiger partial charge in [0, 0.05) is 23.9 Å². The van der Waals surface area contributed by atoms with E-state index in [0.29, 0.717) is 18.2 Å². The van der Waals surface area contributed by atoms with Crippen molar-refractivity contribution in [3.8, 4) is 0 Å². The van der Waals surface area contributed by atoms with E-state index in [4.69, 9.17) is 11.6 Å². The summed E-state index contributed by atoms with van der Waals surface area (Å²) in [5.74, 6) is 0.297. The number of piperidine rings is 1. The summed E-state index contributed by atoms with van der Waals surface area (Å²) < 4.78 is 0.847. The number of thiophene rings is 1. The summed E-state index contributed by atoms with van der Waals surface area (Å²) in [7, 11) is 0. The zero-order valence-electron chi connectivity index (χ0n) is 10.1. The number of ketones is 1. The monoisotopic (exact) mass is 271 g/mol. The predicted octanol–water partition coefficient (Wildman–Crippen LogP) is 3.74. The Balaban J connectivity index is 1.98. The maximum atomic E-state index is 11.3. The van der Waals surface area contributed by atoms with Crippen LogP contribution in [0.3, 0.4) is 0 Å². The molecule has 0 N–H and O–H groups in total. The normalized spacial score (nSPS) is 21.6. The number of hydrogen-bond donors (Lipinski definition) is 0. The average Bonchev–Trinajstić information content (AvgIpc) is 2.66. The molecule has 1 aliphatic rings. The maximum absolute atomic E-state index is 11.3. The molecule has 0 aromatic carbocycles. The first-order valence-electron chi connectivity index (χ1n) is 6.13. The molecule has 17 heavy (non-hydrogen) atoms. The van der Waals surface area contributed by atoms with Gasteiger partial charge in [0.15, 0.2) is 0 Å². The molecular weight excluding hydrogens is 254 g/mol. The first-order valence-corrected chi connectivity index (χ1v) is 7.32. The Labute approximate surface area is 112 Å². The first kappa shape index (κ1) is 13.1. The zero-order valence-corrected chi connectivity index (χ0v) is 11.7. The lowest BCUT2D eigenvalue weighted by molar-refractivity contribution is -0.118. The van der Waals surface area contributed by atoms with Crippen LogP contribution in [-0.4, -0.2) is 23.3 Å². The van der Waals surface area contributed by atoms with Gasteiger partial charge in [-0.1, -0.05) is 18.0 Å². The Morgan fingerprint density at radius 3 is 3.00 bits per heavy atom. The Morgan fingerprint density at radius 2 is 2.35 bits per heavy atom. The Hall–Kier alpha value is -0.380. The molecule has 1 aromatic rings. The van der Waals surface area contributed by atoms with Gasteiger partial charge in [-0.2, -0.15) is 0 Å². The summed E-state index contributed by atoms with van der Waals surface area (Å²) in [6, 6.07) is 4.47. The number of nitrogens with zero attached hydrogens (tertiary/aromatic N) is 1. The lowest BCUT2D eigenvalue weighted by atomic mass is 9.98. The van der Waals surface area contributed by atoms with Crippen molar-refractivity contribution in [2.24, 2.45) is 0 Å². The molecule has 2 rings (SSSR count). The quantitative estimate of drug-likeness (QED) is 0.832. The molecule has 0 amide bonds. The van der Waals surface area contributed by atoms with E-state index in [1.54, 1.807) is 18.3 Å². The molecule has 2 nitrogen and oxygen atoms in total. The largest absolute Gasteiger partial charge is 0.300 e. The Kier molecular flexibility index (Phi) is 4.60. The standard InChI is InChI=1S/C13H18ClNOS/c1-10(16)8-11-4-2-3-7-15(11)9-12-5-6-13(14)17-12/h5-6,11H,2-4,7-9H2,1H3. The zero-order chi connectivity index (χ0) is 12.3. The van der Waals surface area contributed by atoms with E-state index in [9.17, 15) is 4.79 Å². The third-order valence-corrected chi connectivity index (χ3v) is 4.48. The number of likely N-dealkylation sites (tertiary alicyclic amines) is 1. The summed E-state index contributed by atoms with van der Waals surface area (Å²) in [4.78, 5) is 15.0. The van der Waals surface area contributed by atoms with Gasteiger partial charge in [-0.05, 0) is 38.4 Å². The molecule has 0 bridgehead atoms. The van der Waals surface area contributed by atoms with Crippen LogP contribution >= 0.6 is 22.9 Å². The second-order valence-corrected chi connectivity index (χ2v) is 6.53. The van der Waals surface area contributed by atoms with Crippen LogP contribution < -0.4 is 0 Å². The molecule has 0 saturated carbocycles. The molecule has 1 aromatic heterocycles. The molecule has 4 heteroatoms. The van der Waals surface area contributed by atoms with Crippen LogP contribution in [0.2, 0.25) is 4.34 Å².